The van der Waals surface area contributed by atoms with Gasteiger partial charge in [-0.2, -0.15) is 0 Å². The van der Waals surface area contributed by atoms with Crippen LogP contribution in [0.25, 0.3) is 0 Å². The largest absolute Gasteiger partial charge is 0.497 e. The van der Waals surface area contributed by atoms with Gasteiger partial charge in [0.05, 0.1) is 13.7 Å². The second-order valence-electron chi connectivity index (χ2n) is 5.46. The van der Waals surface area contributed by atoms with E-state index in [1.807, 2.05) is 24.3 Å². The number of nitrogens with one attached hydrogen (secondary N) is 2. The van der Waals surface area contributed by atoms with Gasteiger partial charge in [-0.3, -0.25) is 4.79 Å². The van der Waals surface area contributed by atoms with Gasteiger partial charge < -0.3 is 20.1 Å². The number of hydrogen-bond acceptors (Lipinski definition) is 6. The highest BCUT2D eigenvalue weighted by Gasteiger charge is 2.24. The van der Waals surface area contributed by atoms with Crippen LogP contribution in [0.3, 0.4) is 0 Å². The maximum atomic E-state index is 12.0. The summed E-state index contributed by atoms with van der Waals surface area (Å²) in [5.74, 6) is 1.81. The van der Waals surface area contributed by atoms with Gasteiger partial charge in [-0.05, 0) is 43.2 Å². The number of anilines is 1. The van der Waals surface area contributed by atoms with Gasteiger partial charge in [-0.1, -0.05) is 0 Å². The fraction of sp³-hybridized carbons (Fsp3) is 0.353. The maximum absolute atomic E-state index is 12.0. The lowest BCUT2D eigenvalue weighted by Crippen LogP contribution is -2.26. The molecule has 0 bridgehead atoms. The van der Waals surface area contributed by atoms with Gasteiger partial charge in [-0.15, -0.1) is 0 Å². The highest BCUT2D eigenvalue weighted by molar-refractivity contribution is 5.92. The molecule has 1 amide bonds. The zero-order chi connectivity index (χ0) is 16.8. The summed E-state index contributed by atoms with van der Waals surface area (Å²) in [5, 5.41) is 5.95. The standard InChI is InChI=1S/C17H20N4O3/c1-23-13-4-6-14(7-5-13)24-11-10-19-17-18-9-8-15(21-17)16(22)20-12-2-3-12/h4-9,12H,2-3,10-11H2,1H3,(H,20,22)(H,18,19,21). The van der Waals surface area contributed by atoms with Crippen LogP contribution in [-0.4, -0.2) is 42.2 Å². The molecule has 0 unspecified atom stereocenters. The van der Waals surface area contributed by atoms with E-state index in [0.29, 0.717) is 30.8 Å². The van der Waals surface area contributed by atoms with E-state index in [9.17, 15) is 4.79 Å². The van der Waals surface area contributed by atoms with Gasteiger partial charge in [-0.25, -0.2) is 9.97 Å². The van der Waals surface area contributed by atoms with Gasteiger partial charge in [0.2, 0.25) is 5.95 Å². The Kier molecular flexibility index (Phi) is 5.10. The van der Waals surface area contributed by atoms with E-state index in [0.717, 1.165) is 24.3 Å². The first-order chi connectivity index (χ1) is 11.7. The average molecular weight is 328 g/mol. The molecule has 2 aromatic rings. The summed E-state index contributed by atoms with van der Waals surface area (Å²) in [6.07, 6.45) is 3.66. The van der Waals surface area contributed by atoms with Gasteiger partial charge in [0.15, 0.2) is 0 Å². The van der Waals surface area contributed by atoms with Gasteiger partial charge in [0.1, 0.15) is 23.8 Å². The van der Waals surface area contributed by atoms with Crippen molar-refractivity contribution in [1.82, 2.24) is 15.3 Å². The molecule has 1 aliphatic rings. The van der Waals surface area contributed by atoms with E-state index in [4.69, 9.17) is 9.47 Å². The third kappa shape index (κ3) is 4.58. The normalized spacial score (nSPS) is 13.2. The van der Waals surface area contributed by atoms with Crippen LogP contribution in [0.5, 0.6) is 11.5 Å². The number of rotatable bonds is 8. The zero-order valence-electron chi connectivity index (χ0n) is 13.5. The molecule has 0 aliphatic heterocycles. The van der Waals surface area contributed by atoms with Crippen LogP contribution in [0.1, 0.15) is 23.3 Å². The topological polar surface area (TPSA) is 85.4 Å². The van der Waals surface area contributed by atoms with Crippen LogP contribution < -0.4 is 20.1 Å². The van der Waals surface area contributed by atoms with Crippen molar-refractivity contribution in [3.05, 3.63) is 42.2 Å². The summed E-state index contributed by atoms with van der Waals surface area (Å²) in [4.78, 5) is 20.3. The molecule has 0 radical (unpaired) electrons. The number of carbonyl (C=O) groups excluding carboxylic acids is 1. The van der Waals surface area contributed by atoms with E-state index in [2.05, 4.69) is 20.6 Å². The van der Waals surface area contributed by atoms with Crippen molar-refractivity contribution in [2.45, 2.75) is 18.9 Å². The Morgan fingerprint density at radius 3 is 2.67 bits per heavy atom. The fourth-order valence-corrected chi connectivity index (χ4v) is 2.06. The zero-order valence-corrected chi connectivity index (χ0v) is 13.5. The molecule has 0 spiro atoms. The van der Waals surface area contributed by atoms with Gasteiger partial charge in [0.25, 0.3) is 5.91 Å². The number of benzene rings is 1. The molecule has 1 fully saturated rings. The summed E-state index contributed by atoms with van der Waals surface area (Å²) in [7, 11) is 1.62. The molecular weight excluding hydrogens is 308 g/mol. The van der Waals surface area contributed by atoms with Crippen molar-refractivity contribution in [3.8, 4) is 11.5 Å². The highest BCUT2D eigenvalue weighted by atomic mass is 16.5. The Morgan fingerprint density at radius 1 is 1.21 bits per heavy atom. The Balaban J connectivity index is 1.44. The van der Waals surface area contributed by atoms with Crippen LogP contribution in [0.15, 0.2) is 36.5 Å². The summed E-state index contributed by atoms with van der Waals surface area (Å²) >= 11 is 0. The Morgan fingerprint density at radius 2 is 1.96 bits per heavy atom. The van der Waals surface area contributed by atoms with E-state index < -0.39 is 0 Å². The maximum Gasteiger partial charge on any atom is 0.270 e. The van der Waals surface area contributed by atoms with E-state index in [1.54, 1.807) is 19.4 Å². The third-order valence-electron chi connectivity index (χ3n) is 3.51. The van der Waals surface area contributed by atoms with E-state index >= 15 is 0 Å². The van der Waals surface area contributed by atoms with Gasteiger partial charge in [0, 0.05) is 12.2 Å². The smallest absolute Gasteiger partial charge is 0.270 e. The second kappa shape index (κ2) is 7.63. The molecule has 1 aromatic carbocycles. The second-order valence-corrected chi connectivity index (χ2v) is 5.46. The van der Waals surface area contributed by atoms with E-state index in [1.165, 1.54) is 0 Å². The molecule has 2 N–H and O–H groups in total. The fourth-order valence-electron chi connectivity index (χ4n) is 2.06. The Hall–Kier alpha value is -2.83. The van der Waals surface area contributed by atoms with E-state index in [-0.39, 0.29) is 5.91 Å². The minimum absolute atomic E-state index is 0.155. The minimum Gasteiger partial charge on any atom is -0.497 e. The Bertz CT molecular complexity index is 686. The lowest BCUT2D eigenvalue weighted by Gasteiger charge is -2.09. The van der Waals surface area contributed by atoms with Crippen molar-refractivity contribution < 1.29 is 14.3 Å². The molecule has 0 atom stereocenters. The van der Waals surface area contributed by atoms with Crippen molar-refractivity contribution in [3.63, 3.8) is 0 Å². The molecule has 0 saturated heterocycles. The lowest BCUT2D eigenvalue weighted by molar-refractivity contribution is 0.0946. The number of ether oxygens (including phenoxy) is 2. The summed E-state index contributed by atoms with van der Waals surface area (Å²) < 4.78 is 10.7. The molecule has 1 saturated carbocycles. The number of aromatic nitrogens is 2. The molecule has 7 nitrogen and oxygen atoms in total. The summed E-state index contributed by atoms with van der Waals surface area (Å²) in [5.41, 5.74) is 0.371. The average Bonchev–Trinajstić information content (AvgIpc) is 3.43. The van der Waals surface area contributed by atoms with Crippen LogP contribution >= 0.6 is 0 Å². The van der Waals surface area contributed by atoms with Crippen LogP contribution in [0, 0.1) is 0 Å². The molecule has 1 aromatic heterocycles. The molecule has 24 heavy (non-hydrogen) atoms. The lowest BCUT2D eigenvalue weighted by atomic mass is 10.3. The predicted octanol–water partition coefficient (Wildman–Crippen LogP) is 1.87. The SMILES string of the molecule is COc1ccc(OCCNc2nccc(C(=O)NC3CC3)n2)cc1. The van der Waals surface area contributed by atoms with Crippen LogP contribution in [0.2, 0.25) is 0 Å². The summed E-state index contributed by atoms with van der Waals surface area (Å²) in [6.45, 7) is 0.980. The molecule has 7 heteroatoms. The third-order valence-corrected chi connectivity index (χ3v) is 3.51. The number of carbonyl (C=O) groups is 1. The van der Waals surface area contributed by atoms with Crippen molar-refractivity contribution in [2.24, 2.45) is 0 Å². The van der Waals surface area contributed by atoms with Crippen molar-refractivity contribution >= 4 is 11.9 Å². The van der Waals surface area contributed by atoms with Crippen molar-refractivity contribution in [1.29, 1.82) is 0 Å². The first kappa shape index (κ1) is 16.0. The summed E-state index contributed by atoms with van der Waals surface area (Å²) in [6, 6.07) is 9.29. The number of amides is 1. The van der Waals surface area contributed by atoms with Crippen molar-refractivity contribution in [2.75, 3.05) is 25.6 Å². The molecule has 3 rings (SSSR count). The quantitative estimate of drug-likeness (QED) is 0.720. The van der Waals surface area contributed by atoms with Gasteiger partial charge >= 0.3 is 0 Å². The number of nitrogens with zero attached hydrogens (tertiary/aromatic N) is 2. The number of hydrogen-bond donors (Lipinski definition) is 2. The molecule has 126 valence electrons. The predicted molar refractivity (Wildman–Crippen MR) is 89.5 cm³/mol. The molecular formula is C17H20N4O3. The molecule has 1 aliphatic carbocycles. The number of methoxy groups -OCH3 is 1. The van der Waals surface area contributed by atoms with Crippen LogP contribution in [0.4, 0.5) is 5.95 Å². The first-order valence-electron chi connectivity index (χ1n) is 7.89. The first-order valence-corrected chi connectivity index (χ1v) is 7.89. The monoisotopic (exact) mass is 328 g/mol. The minimum atomic E-state index is -0.155. The highest BCUT2D eigenvalue weighted by Crippen LogP contribution is 2.19. The Labute approximate surface area is 140 Å². The van der Waals surface area contributed by atoms with Crippen LogP contribution in [-0.2, 0) is 0 Å². The molecule has 1 heterocycles.